The molecule has 0 aliphatic rings. The summed E-state index contributed by atoms with van der Waals surface area (Å²) in [7, 11) is 1.26. The van der Waals surface area contributed by atoms with E-state index < -0.39 is 12.4 Å². The number of alkyl halides is 2. The maximum Gasteiger partial charge on any atom is 0.305 e. The Morgan fingerprint density at radius 1 is 1.36 bits per heavy atom. The van der Waals surface area contributed by atoms with E-state index >= 15 is 0 Å². The second kappa shape index (κ2) is 10.4. The van der Waals surface area contributed by atoms with Crippen molar-refractivity contribution in [2.45, 2.75) is 46.5 Å². The fraction of sp³-hybridized carbons (Fsp3) is 0.900. The molecule has 0 bridgehead atoms. The number of halogens is 2. The van der Waals surface area contributed by atoms with E-state index in [9.17, 15) is 13.6 Å². The summed E-state index contributed by atoms with van der Waals surface area (Å²) in [6.45, 7) is 5.79. The van der Waals surface area contributed by atoms with Gasteiger partial charge in [0.15, 0.2) is 0 Å². The molecule has 0 N–H and O–H groups in total. The van der Waals surface area contributed by atoms with Crippen LogP contribution in [0.4, 0.5) is 8.78 Å². The van der Waals surface area contributed by atoms with Crippen molar-refractivity contribution in [3.63, 3.8) is 0 Å². The molecule has 0 amide bonds. The third-order valence-corrected chi connectivity index (χ3v) is 1.77. The molecule has 1 unspecified atom stereocenters. The van der Waals surface area contributed by atoms with Crippen molar-refractivity contribution in [3.8, 4) is 0 Å². The van der Waals surface area contributed by atoms with Gasteiger partial charge >= 0.3 is 5.97 Å². The van der Waals surface area contributed by atoms with Crippen molar-refractivity contribution < 1.29 is 18.3 Å². The van der Waals surface area contributed by atoms with Crippen molar-refractivity contribution in [2.75, 3.05) is 7.11 Å². The van der Waals surface area contributed by atoms with Crippen LogP contribution in [0.2, 0.25) is 0 Å². The molecule has 14 heavy (non-hydrogen) atoms. The van der Waals surface area contributed by atoms with E-state index in [4.69, 9.17) is 0 Å². The van der Waals surface area contributed by atoms with Crippen LogP contribution in [0, 0.1) is 5.92 Å². The van der Waals surface area contributed by atoms with E-state index in [-0.39, 0.29) is 18.8 Å². The topological polar surface area (TPSA) is 26.3 Å². The van der Waals surface area contributed by atoms with Crippen LogP contribution in [-0.4, -0.2) is 19.5 Å². The van der Waals surface area contributed by atoms with E-state index in [2.05, 4.69) is 4.74 Å². The highest BCUT2D eigenvalue weighted by molar-refractivity contribution is 5.69. The summed E-state index contributed by atoms with van der Waals surface area (Å²) in [6.07, 6.45) is -1.87. The van der Waals surface area contributed by atoms with E-state index in [1.54, 1.807) is 6.92 Å². The van der Waals surface area contributed by atoms with Gasteiger partial charge in [0.1, 0.15) is 0 Å². The highest BCUT2D eigenvalue weighted by atomic mass is 19.3. The van der Waals surface area contributed by atoms with Gasteiger partial charge in [0, 0.05) is 12.8 Å². The largest absolute Gasteiger partial charge is 0.469 e. The van der Waals surface area contributed by atoms with Crippen LogP contribution in [0.15, 0.2) is 0 Å². The number of ether oxygens (including phenoxy) is 1. The maximum absolute atomic E-state index is 11.9. The van der Waals surface area contributed by atoms with Crippen molar-refractivity contribution in [2.24, 2.45) is 5.92 Å². The van der Waals surface area contributed by atoms with Crippen molar-refractivity contribution in [1.29, 1.82) is 0 Å². The van der Waals surface area contributed by atoms with Crippen molar-refractivity contribution in [3.05, 3.63) is 0 Å². The van der Waals surface area contributed by atoms with E-state index in [0.717, 1.165) is 0 Å². The number of carbonyl (C=O) groups is 1. The highest BCUT2D eigenvalue weighted by Gasteiger charge is 2.16. The molecule has 1 atom stereocenters. The first-order valence-electron chi connectivity index (χ1n) is 4.95. The average molecular weight is 210 g/mol. The summed E-state index contributed by atoms with van der Waals surface area (Å²) in [6, 6.07) is 0. The zero-order valence-corrected chi connectivity index (χ0v) is 9.35. The van der Waals surface area contributed by atoms with Crippen molar-refractivity contribution in [1.82, 2.24) is 0 Å². The van der Waals surface area contributed by atoms with Crippen LogP contribution in [0.1, 0.15) is 40.0 Å². The summed E-state index contributed by atoms with van der Waals surface area (Å²) in [5.41, 5.74) is 0. The Balaban J connectivity index is 0. The predicted molar refractivity (Wildman–Crippen MR) is 52.4 cm³/mol. The Bertz CT molecular complexity index is 138. The van der Waals surface area contributed by atoms with Crippen LogP contribution >= 0.6 is 0 Å². The van der Waals surface area contributed by atoms with Gasteiger partial charge in [0.2, 0.25) is 6.43 Å². The number of carbonyl (C=O) groups excluding carboxylic acids is 1. The molecule has 0 aromatic rings. The lowest BCUT2D eigenvalue weighted by atomic mass is 9.99. The molecule has 86 valence electrons. The Kier molecular flexibility index (Phi) is 11.7. The second-order valence-corrected chi connectivity index (χ2v) is 2.68. The molecule has 0 aromatic carbocycles. The van der Waals surface area contributed by atoms with Gasteiger partial charge in [0.25, 0.3) is 0 Å². The van der Waals surface area contributed by atoms with Gasteiger partial charge in [-0.15, -0.1) is 0 Å². The molecule has 0 aliphatic heterocycles. The number of methoxy groups -OCH3 is 1. The van der Waals surface area contributed by atoms with Crippen molar-refractivity contribution >= 4 is 5.97 Å². The zero-order chi connectivity index (χ0) is 11.6. The van der Waals surface area contributed by atoms with Crippen LogP contribution in [0.5, 0.6) is 0 Å². The van der Waals surface area contributed by atoms with E-state index in [1.165, 1.54) is 7.11 Å². The highest BCUT2D eigenvalue weighted by Crippen LogP contribution is 2.18. The quantitative estimate of drug-likeness (QED) is 0.651. The number of hydrogen-bond donors (Lipinski definition) is 0. The van der Waals surface area contributed by atoms with Gasteiger partial charge in [-0.3, -0.25) is 4.79 Å². The minimum absolute atomic E-state index is 0.0946. The molecule has 0 saturated heterocycles. The third-order valence-electron chi connectivity index (χ3n) is 1.77. The molecule has 2 nitrogen and oxygen atoms in total. The molecule has 0 spiro atoms. The number of esters is 1. The molecule has 0 rings (SSSR count). The molecule has 0 heterocycles. The van der Waals surface area contributed by atoms with Crippen LogP contribution in [-0.2, 0) is 9.53 Å². The minimum Gasteiger partial charge on any atom is -0.469 e. The van der Waals surface area contributed by atoms with Crippen LogP contribution in [0.3, 0.4) is 0 Å². The Morgan fingerprint density at radius 2 is 1.86 bits per heavy atom. The van der Waals surface area contributed by atoms with Gasteiger partial charge < -0.3 is 4.74 Å². The fourth-order valence-electron chi connectivity index (χ4n) is 0.965. The fourth-order valence-corrected chi connectivity index (χ4v) is 0.965. The summed E-state index contributed by atoms with van der Waals surface area (Å²) >= 11 is 0. The lowest BCUT2D eigenvalue weighted by Gasteiger charge is -2.11. The van der Waals surface area contributed by atoms with Gasteiger partial charge in [-0.2, -0.15) is 0 Å². The molecular formula is C10H20F2O2. The first kappa shape index (κ1) is 15.8. The molecule has 0 saturated carbocycles. The predicted octanol–water partition coefficient (Wildman–Crippen LogP) is 3.26. The second-order valence-electron chi connectivity index (χ2n) is 2.68. The van der Waals surface area contributed by atoms with E-state index in [0.29, 0.717) is 6.42 Å². The Labute approximate surface area is 84.6 Å². The molecular weight excluding hydrogens is 190 g/mol. The van der Waals surface area contributed by atoms with Gasteiger partial charge in [-0.05, 0) is 5.92 Å². The minimum atomic E-state index is -2.33. The smallest absolute Gasteiger partial charge is 0.305 e. The first-order valence-corrected chi connectivity index (χ1v) is 4.95. The SMILES string of the molecule is CC.CCC(CC(=O)OC)CC(F)F. The maximum atomic E-state index is 11.9. The summed E-state index contributed by atoms with van der Waals surface area (Å²) < 4.78 is 28.1. The van der Waals surface area contributed by atoms with Gasteiger partial charge in [0.05, 0.1) is 7.11 Å². The summed E-state index contributed by atoms with van der Waals surface area (Å²) in [5, 5.41) is 0. The van der Waals surface area contributed by atoms with Crippen LogP contribution < -0.4 is 0 Å². The zero-order valence-electron chi connectivity index (χ0n) is 9.35. The lowest BCUT2D eigenvalue weighted by molar-refractivity contribution is -0.142. The number of hydrogen-bond acceptors (Lipinski definition) is 2. The average Bonchev–Trinajstić information content (AvgIpc) is 2.19. The lowest BCUT2D eigenvalue weighted by Crippen LogP contribution is -2.12. The number of rotatable bonds is 5. The van der Waals surface area contributed by atoms with E-state index in [1.807, 2.05) is 13.8 Å². The summed E-state index contributed by atoms with van der Waals surface area (Å²) in [5.74, 6) is -0.667. The Morgan fingerprint density at radius 3 is 2.14 bits per heavy atom. The standard InChI is InChI=1S/C8H14F2O2.C2H6/c1-3-6(4-7(9)10)5-8(11)12-2;1-2/h6-7H,3-5H2,1-2H3;1-2H3. The normalized spacial score (nSPS) is 11.6. The Hall–Kier alpha value is -0.670. The monoisotopic (exact) mass is 210 g/mol. The molecule has 0 radical (unpaired) electrons. The molecule has 0 aromatic heterocycles. The third kappa shape index (κ3) is 9.42. The molecule has 0 fully saturated rings. The first-order chi connectivity index (χ1) is 6.60. The van der Waals surface area contributed by atoms with Gasteiger partial charge in [-0.25, -0.2) is 8.78 Å². The molecule has 0 aliphatic carbocycles. The summed E-state index contributed by atoms with van der Waals surface area (Å²) in [4.78, 5) is 10.7. The van der Waals surface area contributed by atoms with Crippen LogP contribution in [0.25, 0.3) is 0 Å². The molecule has 4 heteroatoms. The van der Waals surface area contributed by atoms with Gasteiger partial charge in [-0.1, -0.05) is 27.2 Å².